The van der Waals surface area contributed by atoms with Crippen LogP contribution in [-0.4, -0.2) is 49.0 Å². The molecule has 1 aliphatic heterocycles. The maximum absolute atomic E-state index is 12.3. The van der Waals surface area contributed by atoms with Crippen molar-refractivity contribution in [1.29, 1.82) is 0 Å². The molecule has 0 aliphatic carbocycles. The van der Waals surface area contributed by atoms with Crippen molar-refractivity contribution in [2.75, 3.05) is 23.2 Å². The van der Waals surface area contributed by atoms with Gasteiger partial charge in [-0.05, 0) is 44.0 Å². The van der Waals surface area contributed by atoms with Crippen molar-refractivity contribution in [2.45, 2.75) is 20.3 Å². The van der Waals surface area contributed by atoms with Gasteiger partial charge in [0.05, 0.1) is 23.3 Å². The van der Waals surface area contributed by atoms with Gasteiger partial charge in [-0.3, -0.25) is 14.1 Å². The third-order valence-corrected chi connectivity index (χ3v) is 6.06. The lowest BCUT2D eigenvalue weighted by atomic mass is 10.1. The van der Waals surface area contributed by atoms with Crippen molar-refractivity contribution in [1.82, 2.24) is 9.97 Å². The third-order valence-electron chi connectivity index (χ3n) is 4.28. The summed E-state index contributed by atoms with van der Waals surface area (Å²) < 4.78 is 30.6. The summed E-state index contributed by atoms with van der Waals surface area (Å²) in [5.74, 6) is -1.08. The molecule has 2 aromatic rings. The molecule has 1 aromatic carbocycles. The van der Waals surface area contributed by atoms with Crippen LogP contribution in [0.3, 0.4) is 0 Å². The number of rotatable bonds is 6. The summed E-state index contributed by atoms with van der Waals surface area (Å²) >= 11 is 0. The van der Waals surface area contributed by atoms with E-state index in [1.54, 1.807) is 32.0 Å². The van der Waals surface area contributed by atoms with E-state index in [4.69, 9.17) is 4.74 Å². The van der Waals surface area contributed by atoms with E-state index in [0.717, 1.165) is 5.56 Å². The molecule has 0 fully saturated rings. The Balaban J connectivity index is 1.68. The maximum Gasteiger partial charge on any atom is 0.358 e. The predicted octanol–water partition coefficient (Wildman–Crippen LogP) is 1.54. The van der Waals surface area contributed by atoms with Gasteiger partial charge in [-0.2, -0.15) is 0 Å². The first-order valence-electron chi connectivity index (χ1n) is 8.44. The van der Waals surface area contributed by atoms with E-state index in [-0.39, 0.29) is 17.2 Å². The molecule has 3 rings (SSSR count). The Morgan fingerprint density at radius 1 is 1.22 bits per heavy atom. The minimum Gasteiger partial charge on any atom is -0.453 e. The number of Topliss-reactive ketones (excluding diaryl/α,β-unsaturated/α-hetero) is 1. The van der Waals surface area contributed by atoms with Crippen LogP contribution in [0.5, 0.6) is 0 Å². The van der Waals surface area contributed by atoms with Crippen molar-refractivity contribution in [2.24, 2.45) is 0 Å². The molecule has 0 saturated heterocycles. The number of aryl methyl sites for hydroxylation is 1. The number of benzene rings is 1. The van der Waals surface area contributed by atoms with Gasteiger partial charge < -0.3 is 4.74 Å². The Labute approximate surface area is 157 Å². The first-order valence-corrected chi connectivity index (χ1v) is 10.0. The normalized spacial score (nSPS) is 13.3. The average Bonchev–Trinajstić information content (AvgIpc) is 3.10. The molecule has 0 unspecified atom stereocenters. The van der Waals surface area contributed by atoms with Crippen LogP contribution < -0.4 is 4.31 Å². The highest BCUT2D eigenvalue weighted by Gasteiger charge is 2.28. The SMILES string of the molecule is CCS(=O)(=O)N1CCc2cc(C(=O)COC(=O)c3cnc(C)cn3)ccc21. The van der Waals surface area contributed by atoms with Gasteiger partial charge in [0.2, 0.25) is 10.0 Å². The van der Waals surface area contributed by atoms with Gasteiger partial charge in [-0.1, -0.05) is 0 Å². The van der Waals surface area contributed by atoms with E-state index < -0.39 is 22.6 Å². The molecule has 142 valence electrons. The summed E-state index contributed by atoms with van der Waals surface area (Å²) in [5, 5.41) is 0. The fraction of sp³-hybridized carbons (Fsp3) is 0.333. The van der Waals surface area contributed by atoms with Crippen LogP contribution in [0.2, 0.25) is 0 Å². The first-order chi connectivity index (χ1) is 12.8. The highest BCUT2D eigenvalue weighted by atomic mass is 32.2. The molecule has 2 heterocycles. The zero-order valence-electron chi connectivity index (χ0n) is 15.0. The molecule has 0 N–H and O–H groups in total. The fourth-order valence-electron chi connectivity index (χ4n) is 2.78. The second kappa shape index (κ2) is 7.43. The number of sulfonamides is 1. The number of ether oxygens (including phenoxy) is 1. The maximum atomic E-state index is 12.3. The molecule has 0 atom stereocenters. The molecule has 8 nitrogen and oxygen atoms in total. The smallest absolute Gasteiger partial charge is 0.358 e. The van der Waals surface area contributed by atoms with Crippen molar-refractivity contribution < 1.29 is 22.7 Å². The molecule has 0 spiro atoms. The molecule has 27 heavy (non-hydrogen) atoms. The average molecular weight is 389 g/mol. The topological polar surface area (TPSA) is 107 Å². The zero-order valence-corrected chi connectivity index (χ0v) is 15.8. The molecule has 0 saturated carbocycles. The Morgan fingerprint density at radius 3 is 2.67 bits per heavy atom. The molecular formula is C18H19N3O5S. The van der Waals surface area contributed by atoms with Crippen molar-refractivity contribution in [3.63, 3.8) is 0 Å². The van der Waals surface area contributed by atoms with Gasteiger partial charge in [0.15, 0.2) is 18.1 Å². The van der Waals surface area contributed by atoms with Gasteiger partial charge in [-0.15, -0.1) is 0 Å². The quantitative estimate of drug-likeness (QED) is 0.545. The number of carbonyl (C=O) groups is 2. The van der Waals surface area contributed by atoms with Crippen molar-refractivity contribution >= 4 is 27.5 Å². The van der Waals surface area contributed by atoms with E-state index in [1.807, 2.05) is 0 Å². The van der Waals surface area contributed by atoms with Crippen LogP contribution in [0.25, 0.3) is 0 Å². The van der Waals surface area contributed by atoms with Gasteiger partial charge >= 0.3 is 5.97 Å². The summed E-state index contributed by atoms with van der Waals surface area (Å²) in [6.45, 7) is 3.28. The number of fused-ring (bicyclic) bond motifs is 1. The Morgan fingerprint density at radius 2 is 2.00 bits per heavy atom. The Hall–Kier alpha value is -2.81. The molecule has 0 radical (unpaired) electrons. The van der Waals surface area contributed by atoms with E-state index in [1.165, 1.54) is 16.7 Å². The minimum atomic E-state index is -3.33. The summed E-state index contributed by atoms with van der Waals surface area (Å²) in [4.78, 5) is 32.1. The Kier molecular flexibility index (Phi) is 5.22. The van der Waals surface area contributed by atoms with Crippen LogP contribution in [0, 0.1) is 6.92 Å². The van der Waals surface area contributed by atoms with Crippen molar-refractivity contribution in [3.05, 3.63) is 53.1 Å². The first kappa shape index (κ1) is 19.0. The van der Waals surface area contributed by atoms with Gasteiger partial charge in [0.25, 0.3) is 0 Å². The van der Waals surface area contributed by atoms with E-state index in [9.17, 15) is 18.0 Å². The van der Waals surface area contributed by atoms with Crippen LogP contribution in [0.4, 0.5) is 5.69 Å². The number of hydrogen-bond donors (Lipinski definition) is 0. The third kappa shape index (κ3) is 3.97. The van der Waals surface area contributed by atoms with E-state index in [0.29, 0.717) is 29.9 Å². The summed E-state index contributed by atoms with van der Waals surface area (Å²) in [5.41, 5.74) is 2.45. The molecule has 1 aliphatic rings. The number of hydrogen-bond acceptors (Lipinski definition) is 7. The van der Waals surface area contributed by atoms with Crippen LogP contribution >= 0.6 is 0 Å². The number of carbonyl (C=O) groups excluding carboxylic acids is 2. The fourth-order valence-corrected chi connectivity index (χ4v) is 3.94. The van der Waals surface area contributed by atoms with Crippen molar-refractivity contribution in [3.8, 4) is 0 Å². The molecule has 9 heteroatoms. The Bertz CT molecular complexity index is 987. The lowest BCUT2D eigenvalue weighted by molar-refractivity contribution is 0.0468. The predicted molar refractivity (Wildman–Crippen MR) is 98.3 cm³/mol. The summed E-state index contributed by atoms with van der Waals surface area (Å²) in [7, 11) is -3.33. The largest absolute Gasteiger partial charge is 0.453 e. The highest BCUT2D eigenvalue weighted by molar-refractivity contribution is 7.92. The van der Waals surface area contributed by atoms with E-state index >= 15 is 0 Å². The molecule has 0 bridgehead atoms. The number of aromatic nitrogens is 2. The second-order valence-corrected chi connectivity index (χ2v) is 8.29. The lowest BCUT2D eigenvalue weighted by Crippen LogP contribution is -2.30. The van der Waals surface area contributed by atoms with Crippen LogP contribution in [0.15, 0.2) is 30.6 Å². The standard InChI is InChI=1S/C18H19N3O5S/c1-3-27(24,25)21-7-6-13-8-14(4-5-16(13)21)17(22)11-26-18(23)15-10-19-12(2)9-20-15/h4-5,8-10H,3,6-7,11H2,1-2H3. The van der Waals surface area contributed by atoms with Gasteiger partial charge in [-0.25, -0.2) is 18.2 Å². The summed E-state index contributed by atoms with van der Waals surface area (Å²) in [6, 6.07) is 4.82. The number of ketones is 1. The monoisotopic (exact) mass is 389 g/mol. The highest BCUT2D eigenvalue weighted by Crippen LogP contribution is 2.31. The number of nitrogens with zero attached hydrogens (tertiary/aromatic N) is 3. The van der Waals surface area contributed by atoms with Crippen LogP contribution in [-0.2, 0) is 21.2 Å². The molecule has 1 aromatic heterocycles. The number of esters is 1. The lowest BCUT2D eigenvalue weighted by Gasteiger charge is -2.18. The molecular weight excluding hydrogens is 370 g/mol. The summed E-state index contributed by atoms with van der Waals surface area (Å²) in [6.07, 6.45) is 3.27. The number of anilines is 1. The van der Waals surface area contributed by atoms with Gasteiger partial charge in [0, 0.05) is 18.3 Å². The van der Waals surface area contributed by atoms with Gasteiger partial charge in [0.1, 0.15) is 0 Å². The zero-order chi connectivity index (χ0) is 19.6. The van der Waals surface area contributed by atoms with Crippen LogP contribution in [0.1, 0.15) is 39.0 Å². The molecule has 0 amide bonds. The minimum absolute atomic E-state index is 0.0188. The second-order valence-electron chi connectivity index (χ2n) is 6.11. The van der Waals surface area contributed by atoms with E-state index in [2.05, 4.69) is 9.97 Å².